The van der Waals surface area contributed by atoms with Crippen LogP contribution < -0.4 is 0 Å². The molecule has 0 aromatic carbocycles. The summed E-state index contributed by atoms with van der Waals surface area (Å²) >= 11 is 0. The molecule has 0 saturated carbocycles. The molecule has 0 unspecified atom stereocenters. The minimum absolute atomic E-state index is 0.309. The van der Waals surface area contributed by atoms with Gasteiger partial charge in [0.15, 0.2) is 37.2 Å². The van der Waals surface area contributed by atoms with E-state index < -0.39 is 37.2 Å². The van der Waals surface area contributed by atoms with Gasteiger partial charge in [-0.2, -0.15) is 0 Å². The normalized spacial score (nSPS) is 41.2. The number of hydrogen-bond acceptors (Lipinski definition) is 6. The van der Waals surface area contributed by atoms with E-state index in [0.717, 1.165) is 0 Å². The van der Waals surface area contributed by atoms with Gasteiger partial charge in [-0.15, -0.1) is 0 Å². The summed E-state index contributed by atoms with van der Waals surface area (Å²) in [7, 11) is -2.03. The first-order valence-electron chi connectivity index (χ1n) is 10.6. The number of rotatable bonds is 3. The van der Waals surface area contributed by atoms with Crippen LogP contribution in [0.15, 0.2) is 11.6 Å². The van der Waals surface area contributed by atoms with Crippen molar-refractivity contribution in [3.8, 4) is 23.7 Å². The molecule has 30 heavy (non-hydrogen) atoms. The maximum Gasteiger partial charge on any atom is 0.185 e. The summed E-state index contributed by atoms with van der Waals surface area (Å²) in [5.41, 5.74) is -1.33. The van der Waals surface area contributed by atoms with Gasteiger partial charge in [-0.05, 0) is 53.8 Å². The molecule has 2 aliphatic heterocycles. The molecule has 0 aromatic heterocycles. The lowest BCUT2D eigenvalue weighted by Crippen LogP contribution is -2.51. The van der Waals surface area contributed by atoms with Crippen molar-refractivity contribution in [1.29, 1.82) is 0 Å². The van der Waals surface area contributed by atoms with Crippen LogP contribution >= 0.6 is 0 Å². The minimum atomic E-state index is -2.03. The smallest absolute Gasteiger partial charge is 0.185 e. The molecule has 6 nitrogen and oxygen atoms in total. The molecule has 2 heterocycles. The fourth-order valence-corrected chi connectivity index (χ4v) is 6.03. The molecule has 0 radical (unpaired) electrons. The molecule has 4 aliphatic rings. The van der Waals surface area contributed by atoms with E-state index in [1.807, 2.05) is 33.8 Å². The van der Waals surface area contributed by atoms with Crippen molar-refractivity contribution < 1.29 is 28.5 Å². The average Bonchev–Trinajstić information content (AvgIpc) is 3.20. The molecule has 1 N–H and O–H groups in total. The third-order valence-corrected chi connectivity index (χ3v) is 6.67. The maximum atomic E-state index is 11.1. The first-order valence-corrected chi connectivity index (χ1v) is 14.0. The Morgan fingerprint density at radius 2 is 1.80 bits per heavy atom. The SMILES string of the molecule is CC1(C)OC[C@@H]([C@]2(O[Si](C)(C)C)C#CC3=CC[C@H]4OC(C)(C)O[C@@]34[C@H](O)C#CC2)O1. The first-order chi connectivity index (χ1) is 13.8. The van der Waals surface area contributed by atoms with E-state index in [-0.39, 0.29) is 12.2 Å². The molecule has 0 amide bonds. The minimum Gasteiger partial charge on any atom is -0.399 e. The van der Waals surface area contributed by atoms with Gasteiger partial charge in [0, 0.05) is 5.57 Å². The highest BCUT2D eigenvalue weighted by atomic mass is 28.4. The summed E-state index contributed by atoms with van der Waals surface area (Å²) < 4.78 is 31.0. The Kier molecular flexibility index (Phi) is 5.08. The highest BCUT2D eigenvalue weighted by Crippen LogP contribution is 2.49. The van der Waals surface area contributed by atoms with Crippen LogP contribution in [-0.2, 0) is 23.4 Å². The lowest BCUT2D eigenvalue weighted by molar-refractivity contribution is -0.168. The zero-order valence-corrected chi connectivity index (χ0v) is 19.9. The summed E-state index contributed by atoms with van der Waals surface area (Å²) in [6, 6.07) is 0. The Hall–Kier alpha value is -1.16. The van der Waals surface area contributed by atoms with Crippen LogP contribution in [0.2, 0.25) is 19.6 Å². The van der Waals surface area contributed by atoms with E-state index in [1.165, 1.54) is 0 Å². The second-order valence-electron chi connectivity index (χ2n) is 10.3. The van der Waals surface area contributed by atoms with E-state index in [2.05, 4.69) is 43.3 Å². The Morgan fingerprint density at radius 3 is 2.43 bits per heavy atom. The standard InChI is InChI=1S/C23H32O6Si/c1-20(2)25-15-19(27-20)22(29-30(5,6)7)13-8-9-17(24)23-16(12-14-22)10-11-18(23)26-21(3,4)28-23/h10,17-19,24H,11,13,15H2,1-7H3/t17-,18-,19+,22-,23-/m1/s1. The van der Waals surface area contributed by atoms with Crippen molar-refractivity contribution in [2.75, 3.05) is 6.61 Å². The van der Waals surface area contributed by atoms with Crippen molar-refractivity contribution in [1.82, 2.24) is 0 Å². The van der Waals surface area contributed by atoms with Gasteiger partial charge in [0.05, 0.1) is 13.0 Å². The van der Waals surface area contributed by atoms with Crippen LogP contribution in [0, 0.1) is 23.7 Å². The van der Waals surface area contributed by atoms with E-state index in [1.54, 1.807) is 0 Å². The average molecular weight is 433 g/mol. The molecule has 0 bridgehead atoms. The number of ether oxygens (including phenoxy) is 4. The quantitative estimate of drug-likeness (QED) is 0.546. The van der Waals surface area contributed by atoms with E-state index >= 15 is 0 Å². The number of aliphatic hydroxyl groups is 1. The fourth-order valence-electron chi connectivity index (χ4n) is 4.68. The summed E-state index contributed by atoms with van der Waals surface area (Å²) in [6.07, 6.45) is 1.15. The molecule has 2 saturated heterocycles. The number of aliphatic hydroxyl groups excluding tert-OH is 1. The third-order valence-electron chi connectivity index (χ3n) is 5.70. The zero-order valence-electron chi connectivity index (χ0n) is 18.9. The van der Waals surface area contributed by atoms with Gasteiger partial charge < -0.3 is 28.5 Å². The van der Waals surface area contributed by atoms with Gasteiger partial charge in [-0.25, -0.2) is 0 Å². The second kappa shape index (κ2) is 6.92. The first kappa shape index (κ1) is 22.0. The lowest BCUT2D eigenvalue weighted by Gasteiger charge is -2.38. The van der Waals surface area contributed by atoms with Crippen molar-refractivity contribution in [3.63, 3.8) is 0 Å². The maximum absolute atomic E-state index is 11.1. The van der Waals surface area contributed by atoms with Gasteiger partial charge in [-0.1, -0.05) is 29.8 Å². The van der Waals surface area contributed by atoms with E-state index in [9.17, 15) is 5.11 Å². The molecular weight excluding hydrogens is 400 g/mol. The summed E-state index contributed by atoms with van der Waals surface area (Å²) in [6.45, 7) is 14.2. The van der Waals surface area contributed by atoms with Gasteiger partial charge in [-0.3, -0.25) is 0 Å². The summed E-state index contributed by atoms with van der Waals surface area (Å²) in [5.74, 6) is 11.3. The molecule has 2 fully saturated rings. The van der Waals surface area contributed by atoms with Crippen LogP contribution in [0.3, 0.4) is 0 Å². The van der Waals surface area contributed by atoms with Crippen LogP contribution in [0.4, 0.5) is 0 Å². The van der Waals surface area contributed by atoms with Crippen molar-refractivity contribution in [2.45, 2.75) is 101 Å². The Morgan fingerprint density at radius 1 is 1.10 bits per heavy atom. The van der Waals surface area contributed by atoms with Gasteiger partial charge in [0.25, 0.3) is 0 Å². The Balaban J connectivity index is 1.80. The third kappa shape index (κ3) is 3.78. The lowest BCUT2D eigenvalue weighted by atomic mass is 9.87. The van der Waals surface area contributed by atoms with Crippen LogP contribution in [0.5, 0.6) is 0 Å². The summed E-state index contributed by atoms with van der Waals surface area (Å²) in [5, 5.41) is 11.1. The molecule has 0 aromatic rings. The molecule has 164 valence electrons. The van der Waals surface area contributed by atoms with Gasteiger partial charge in [0.1, 0.15) is 12.2 Å². The Bertz CT molecular complexity index is 879. The highest BCUT2D eigenvalue weighted by molar-refractivity contribution is 6.69. The zero-order chi connectivity index (χ0) is 22.0. The monoisotopic (exact) mass is 432 g/mol. The fraction of sp³-hybridized carbons (Fsp3) is 0.739. The Labute approximate surface area is 180 Å². The van der Waals surface area contributed by atoms with Gasteiger partial charge in [0.2, 0.25) is 0 Å². The van der Waals surface area contributed by atoms with Crippen LogP contribution in [0.1, 0.15) is 40.5 Å². The molecule has 4 rings (SSSR count). The largest absolute Gasteiger partial charge is 0.399 e. The second-order valence-corrected chi connectivity index (χ2v) is 14.8. The molecular formula is C23H32O6Si. The van der Waals surface area contributed by atoms with E-state index in [4.69, 9.17) is 23.4 Å². The predicted octanol–water partition coefficient (Wildman–Crippen LogP) is 2.72. The van der Waals surface area contributed by atoms with Crippen LogP contribution in [0.25, 0.3) is 0 Å². The summed E-state index contributed by atoms with van der Waals surface area (Å²) in [4.78, 5) is 0. The van der Waals surface area contributed by atoms with Crippen molar-refractivity contribution in [2.24, 2.45) is 0 Å². The molecule has 5 atom stereocenters. The molecule has 2 aliphatic carbocycles. The number of hydrogen-bond donors (Lipinski definition) is 1. The van der Waals surface area contributed by atoms with Crippen LogP contribution in [-0.4, -0.2) is 61.1 Å². The van der Waals surface area contributed by atoms with Crippen molar-refractivity contribution in [3.05, 3.63) is 11.6 Å². The molecule has 7 heteroatoms. The van der Waals surface area contributed by atoms with E-state index in [0.29, 0.717) is 25.0 Å². The predicted molar refractivity (Wildman–Crippen MR) is 114 cm³/mol. The molecule has 1 spiro atoms. The van der Waals surface area contributed by atoms with Gasteiger partial charge >= 0.3 is 0 Å². The highest BCUT2D eigenvalue weighted by Gasteiger charge is 2.61. The van der Waals surface area contributed by atoms with Crippen molar-refractivity contribution >= 4 is 8.32 Å². The topological polar surface area (TPSA) is 66.4 Å².